The first-order valence-corrected chi connectivity index (χ1v) is 11.2. The van der Waals surface area contributed by atoms with Crippen molar-refractivity contribution in [2.75, 3.05) is 20.6 Å². The molecule has 0 bridgehead atoms. The zero-order valence-corrected chi connectivity index (χ0v) is 15.9. The van der Waals surface area contributed by atoms with E-state index in [0.29, 0.717) is 24.1 Å². The van der Waals surface area contributed by atoms with Crippen molar-refractivity contribution in [2.45, 2.75) is 26.1 Å². The first-order valence-electron chi connectivity index (χ1n) is 7.74. The smallest absolute Gasteiger partial charge is 0.261 e. The molecule has 1 aromatic rings. The summed E-state index contributed by atoms with van der Waals surface area (Å²) < 4.78 is 0. The van der Waals surface area contributed by atoms with E-state index < -0.39 is 8.07 Å². The molecule has 0 radical (unpaired) electrons. The van der Waals surface area contributed by atoms with Gasteiger partial charge in [0.1, 0.15) is 8.07 Å². The number of nitrogens with zero attached hydrogens (tertiary/aromatic N) is 2. The maximum Gasteiger partial charge on any atom is 0.261 e. The molecule has 0 N–H and O–H groups in total. The minimum Gasteiger partial charge on any atom is -0.351 e. The summed E-state index contributed by atoms with van der Waals surface area (Å²) in [4.78, 5) is 36.3. The van der Waals surface area contributed by atoms with E-state index in [1.54, 1.807) is 38.4 Å². The fourth-order valence-electron chi connectivity index (χ4n) is 1.94. The number of fused-ring (bicyclic) bond motifs is 1. The van der Waals surface area contributed by atoms with Crippen LogP contribution in [0.2, 0.25) is 19.6 Å². The second-order valence-electron chi connectivity index (χ2n) is 6.68. The van der Waals surface area contributed by atoms with Crippen LogP contribution in [0.5, 0.6) is 0 Å². The largest absolute Gasteiger partial charge is 0.351 e. The summed E-state index contributed by atoms with van der Waals surface area (Å²) in [5.41, 5.74) is 4.25. The Morgan fingerprint density at radius 3 is 1.92 bits per heavy atom. The Morgan fingerprint density at radius 1 is 1.08 bits per heavy atom. The topological polar surface area (TPSA) is 57.7 Å². The highest BCUT2D eigenvalue weighted by Gasteiger charge is 2.34. The van der Waals surface area contributed by atoms with Gasteiger partial charge in [-0.25, -0.2) is 0 Å². The Hall–Kier alpha value is -2.39. The van der Waals surface area contributed by atoms with E-state index >= 15 is 0 Å². The molecule has 24 heavy (non-hydrogen) atoms. The lowest BCUT2D eigenvalue weighted by atomic mass is 10.1. The Bertz CT molecular complexity index is 646. The quantitative estimate of drug-likeness (QED) is 0.366. The van der Waals surface area contributed by atoms with E-state index in [-0.39, 0.29) is 11.8 Å². The van der Waals surface area contributed by atoms with Crippen LogP contribution < -0.4 is 0 Å². The van der Waals surface area contributed by atoms with E-state index in [1.807, 2.05) is 0 Å². The molecule has 5 nitrogen and oxygen atoms in total. The summed E-state index contributed by atoms with van der Waals surface area (Å²) in [6, 6.07) is 6.95. The normalized spacial score (nSPS) is 12.6. The third kappa shape index (κ3) is 5.67. The molecule has 128 valence electrons. The summed E-state index contributed by atoms with van der Waals surface area (Å²) in [5.74, 6) is 2.69. The van der Waals surface area contributed by atoms with Gasteiger partial charge in [-0.3, -0.25) is 19.3 Å². The molecule has 0 aromatic heterocycles. The van der Waals surface area contributed by atoms with Crippen LogP contribution in [0.3, 0.4) is 0 Å². The molecule has 0 fully saturated rings. The van der Waals surface area contributed by atoms with E-state index in [1.165, 1.54) is 9.80 Å². The Kier molecular flexibility index (Phi) is 6.92. The van der Waals surface area contributed by atoms with Gasteiger partial charge >= 0.3 is 0 Å². The molecule has 0 atom stereocenters. The number of imide groups is 1. The standard InChI is InChI=1S/C15H17NO2Si.C3H7NO/c1-19(2,3)11-7-6-10-16-14(17)12-8-4-5-9-13(12)15(16)18;1-4(2)3-5/h4-5,8-9H,6,10H2,1-3H3;3H,1-2H3. The van der Waals surface area contributed by atoms with Crippen LogP contribution in [0.4, 0.5) is 0 Å². The maximum atomic E-state index is 12.1. The average molecular weight is 344 g/mol. The number of rotatable bonds is 3. The summed E-state index contributed by atoms with van der Waals surface area (Å²) >= 11 is 0. The first kappa shape index (κ1) is 19.7. The summed E-state index contributed by atoms with van der Waals surface area (Å²) in [6.07, 6.45) is 1.30. The zero-order chi connectivity index (χ0) is 18.3. The van der Waals surface area contributed by atoms with Crippen LogP contribution in [0.15, 0.2) is 24.3 Å². The SMILES string of the molecule is CN(C)C=O.C[Si](C)(C)C#CCCN1C(=O)c2ccccc2C1=O. The molecule has 1 aliphatic heterocycles. The fraction of sp³-hybridized carbons (Fsp3) is 0.389. The van der Waals surface area contributed by atoms with Crippen molar-refractivity contribution in [3.05, 3.63) is 35.4 Å². The van der Waals surface area contributed by atoms with Crippen molar-refractivity contribution >= 4 is 26.3 Å². The average Bonchev–Trinajstić information content (AvgIpc) is 2.76. The summed E-state index contributed by atoms with van der Waals surface area (Å²) in [5, 5.41) is 0. The molecule has 1 aromatic carbocycles. The summed E-state index contributed by atoms with van der Waals surface area (Å²) in [7, 11) is 1.99. The van der Waals surface area contributed by atoms with E-state index in [0.717, 1.165) is 6.41 Å². The third-order valence-corrected chi connectivity index (χ3v) is 3.94. The van der Waals surface area contributed by atoms with Gasteiger partial charge in [0.15, 0.2) is 0 Å². The van der Waals surface area contributed by atoms with Gasteiger partial charge in [-0.05, 0) is 12.1 Å². The van der Waals surface area contributed by atoms with E-state index in [9.17, 15) is 14.4 Å². The van der Waals surface area contributed by atoms with Gasteiger partial charge in [-0.15, -0.1) is 11.5 Å². The number of benzene rings is 1. The second kappa shape index (κ2) is 8.46. The third-order valence-electron chi connectivity index (χ3n) is 3.01. The van der Waals surface area contributed by atoms with Gasteiger partial charge in [-0.1, -0.05) is 31.8 Å². The second-order valence-corrected chi connectivity index (χ2v) is 11.4. The molecule has 0 unspecified atom stereocenters. The highest BCUT2D eigenvalue weighted by molar-refractivity contribution is 6.83. The molecule has 0 saturated heterocycles. The lowest BCUT2D eigenvalue weighted by Gasteiger charge is -2.11. The van der Waals surface area contributed by atoms with Gasteiger partial charge in [0.2, 0.25) is 6.41 Å². The molecular formula is C18H24N2O3Si. The van der Waals surface area contributed by atoms with Crippen molar-refractivity contribution in [1.82, 2.24) is 9.80 Å². The molecule has 0 aliphatic carbocycles. The van der Waals surface area contributed by atoms with Crippen LogP contribution >= 0.6 is 0 Å². The molecule has 3 amide bonds. The van der Waals surface area contributed by atoms with Crippen LogP contribution in [-0.4, -0.2) is 56.7 Å². The minimum absolute atomic E-state index is 0.199. The lowest BCUT2D eigenvalue weighted by Crippen LogP contribution is -2.30. The van der Waals surface area contributed by atoms with E-state index in [2.05, 4.69) is 31.1 Å². The highest BCUT2D eigenvalue weighted by Crippen LogP contribution is 2.22. The van der Waals surface area contributed by atoms with Crippen molar-refractivity contribution < 1.29 is 14.4 Å². The molecule has 2 rings (SSSR count). The number of hydrogen-bond donors (Lipinski definition) is 0. The lowest BCUT2D eigenvalue weighted by molar-refractivity contribution is -0.115. The van der Waals surface area contributed by atoms with Crippen LogP contribution in [0.1, 0.15) is 27.1 Å². The van der Waals surface area contributed by atoms with Crippen molar-refractivity contribution in [1.29, 1.82) is 0 Å². The van der Waals surface area contributed by atoms with Crippen molar-refractivity contribution in [3.8, 4) is 11.5 Å². The Labute approximate surface area is 144 Å². The predicted octanol–water partition coefficient (Wildman–Crippen LogP) is 2.26. The number of amides is 3. The molecule has 0 saturated carbocycles. The van der Waals surface area contributed by atoms with Crippen LogP contribution in [-0.2, 0) is 4.79 Å². The van der Waals surface area contributed by atoms with Crippen molar-refractivity contribution in [3.63, 3.8) is 0 Å². The van der Waals surface area contributed by atoms with E-state index in [4.69, 9.17) is 0 Å². The molecular weight excluding hydrogens is 320 g/mol. The molecule has 6 heteroatoms. The van der Waals surface area contributed by atoms with Crippen molar-refractivity contribution in [2.24, 2.45) is 0 Å². The molecule has 0 spiro atoms. The van der Waals surface area contributed by atoms with Gasteiger partial charge in [0.25, 0.3) is 11.8 Å². The van der Waals surface area contributed by atoms with Gasteiger partial charge in [-0.2, -0.15) is 0 Å². The molecule has 1 heterocycles. The number of carbonyl (C=O) groups is 3. The monoisotopic (exact) mass is 344 g/mol. The van der Waals surface area contributed by atoms with Crippen LogP contribution in [0.25, 0.3) is 0 Å². The highest BCUT2D eigenvalue weighted by atomic mass is 28.3. The Balaban J connectivity index is 0.000000505. The molecule has 1 aliphatic rings. The van der Waals surface area contributed by atoms with Crippen LogP contribution in [0, 0.1) is 11.5 Å². The van der Waals surface area contributed by atoms with Gasteiger partial charge in [0.05, 0.1) is 11.1 Å². The Morgan fingerprint density at radius 2 is 1.54 bits per heavy atom. The zero-order valence-electron chi connectivity index (χ0n) is 14.9. The number of hydrogen-bond acceptors (Lipinski definition) is 3. The maximum absolute atomic E-state index is 12.1. The van der Waals surface area contributed by atoms with Gasteiger partial charge in [0, 0.05) is 27.1 Å². The predicted molar refractivity (Wildman–Crippen MR) is 97.3 cm³/mol. The minimum atomic E-state index is -1.38. The summed E-state index contributed by atoms with van der Waals surface area (Å²) in [6.45, 7) is 6.88. The first-order chi connectivity index (χ1) is 11.2. The fourth-order valence-corrected chi connectivity index (χ4v) is 2.59. The number of carbonyl (C=O) groups excluding carboxylic acids is 3. The van der Waals surface area contributed by atoms with Gasteiger partial charge < -0.3 is 4.90 Å².